The molecule has 56 heavy (non-hydrogen) atoms. The van der Waals surface area contributed by atoms with E-state index >= 15 is 0 Å². The van der Waals surface area contributed by atoms with Crippen LogP contribution in [0.5, 0.6) is 0 Å². The number of rotatable bonds is 38. The van der Waals surface area contributed by atoms with Gasteiger partial charge >= 0.3 is 0 Å². The van der Waals surface area contributed by atoms with Gasteiger partial charge in [-0.25, -0.2) is 0 Å². The number of thiol groups is 1. The Labute approximate surface area is 352 Å². The molecule has 1 atom stereocenters. The second kappa shape index (κ2) is 33.0. The first-order valence-corrected chi connectivity index (χ1v) is 23.1. The second-order valence-electron chi connectivity index (χ2n) is 16.1. The van der Waals surface area contributed by atoms with Crippen molar-refractivity contribution in [2.24, 2.45) is 5.73 Å². The summed E-state index contributed by atoms with van der Waals surface area (Å²) < 4.78 is 0. The fourth-order valence-corrected chi connectivity index (χ4v) is 7.78. The van der Waals surface area contributed by atoms with Gasteiger partial charge in [0.15, 0.2) is 0 Å². The molecule has 0 saturated heterocycles. The molecule has 1 rings (SSSR count). The summed E-state index contributed by atoms with van der Waals surface area (Å²) in [6, 6.07) is 4.36. The SMILES string of the molecule is C=CCC(S)C(=C)N(C)CCCCCCCCCCCCCCCCCCCCC(=C)NCCCCc1cc(C(=C)N)cc(C)c1N(C/C=C/CC)C(=C)NC. The lowest BCUT2D eigenvalue weighted by atomic mass is 9.97. The predicted octanol–water partition coefficient (Wildman–Crippen LogP) is 13.5. The van der Waals surface area contributed by atoms with Gasteiger partial charge in [-0.05, 0) is 87.1 Å². The van der Waals surface area contributed by atoms with Gasteiger partial charge in [0.2, 0.25) is 0 Å². The Morgan fingerprint density at radius 1 is 0.786 bits per heavy atom. The van der Waals surface area contributed by atoms with Crippen LogP contribution in [0.15, 0.2) is 80.5 Å². The van der Waals surface area contributed by atoms with E-state index in [0.717, 1.165) is 75.2 Å². The average molecular weight is 790 g/mol. The van der Waals surface area contributed by atoms with Crippen LogP contribution >= 0.6 is 12.6 Å². The maximum absolute atomic E-state index is 6.14. The highest BCUT2D eigenvalue weighted by Crippen LogP contribution is 2.31. The van der Waals surface area contributed by atoms with E-state index < -0.39 is 0 Å². The van der Waals surface area contributed by atoms with Crippen LogP contribution in [0.1, 0.15) is 171 Å². The number of hydrogen-bond acceptors (Lipinski definition) is 6. The van der Waals surface area contributed by atoms with E-state index in [4.69, 9.17) is 5.73 Å². The number of allylic oxidation sites excluding steroid dienone is 3. The number of aryl methyl sites for hydroxylation is 2. The number of nitrogens with zero attached hydrogens (tertiary/aromatic N) is 2. The number of unbranched alkanes of at least 4 members (excludes halogenated alkanes) is 18. The van der Waals surface area contributed by atoms with Gasteiger partial charge in [0.25, 0.3) is 0 Å². The van der Waals surface area contributed by atoms with Gasteiger partial charge in [-0.3, -0.25) is 0 Å². The third-order valence-electron chi connectivity index (χ3n) is 11.1. The van der Waals surface area contributed by atoms with Crippen LogP contribution in [0.3, 0.4) is 0 Å². The molecule has 0 aliphatic heterocycles. The lowest BCUT2D eigenvalue weighted by Gasteiger charge is -2.30. The van der Waals surface area contributed by atoms with Gasteiger partial charge in [0.05, 0.1) is 5.82 Å². The molecule has 0 spiro atoms. The molecule has 0 radical (unpaired) electrons. The molecule has 0 heterocycles. The minimum atomic E-state index is 0.198. The topological polar surface area (TPSA) is 56.6 Å². The van der Waals surface area contributed by atoms with Crippen molar-refractivity contribution in [3.8, 4) is 0 Å². The molecule has 0 saturated carbocycles. The molecule has 0 amide bonds. The molecule has 0 aliphatic carbocycles. The van der Waals surface area contributed by atoms with Crippen LogP contribution in [0.4, 0.5) is 5.69 Å². The van der Waals surface area contributed by atoms with Crippen molar-refractivity contribution in [1.29, 1.82) is 0 Å². The Hall–Kier alpha value is -2.99. The maximum atomic E-state index is 6.14. The van der Waals surface area contributed by atoms with Gasteiger partial charge in [-0.15, -0.1) is 6.58 Å². The smallest absolute Gasteiger partial charge is 0.0984 e. The molecular formula is C50H87N5S. The molecule has 1 aromatic rings. The van der Waals surface area contributed by atoms with Gasteiger partial charge in [0.1, 0.15) is 0 Å². The number of nitrogens with two attached hydrogens (primary N) is 1. The fourth-order valence-electron chi connectivity index (χ4n) is 7.43. The largest absolute Gasteiger partial charge is 0.399 e. The van der Waals surface area contributed by atoms with E-state index in [1.807, 2.05) is 13.1 Å². The number of nitrogens with one attached hydrogen (secondary N) is 2. The number of benzene rings is 1. The molecule has 0 aromatic heterocycles. The van der Waals surface area contributed by atoms with Gasteiger partial charge < -0.3 is 26.2 Å². The summed E-state index contributed by atoms with van der Waals surface area (Å²) in [5.41, 5.74) is 13.8. The van der Waals surface area contributed by atoms with E-state index in [2.05, 4.69) is 111 Å². The van der Waals surface area contributed by atoms with Crippen LogP contribution < -0.4 is 21.3 Å². The maximum Gasteiger partial charge on any atom is 0.0984 e. The average Bonchev–Trinajstić information content (AvgIpc) is 3.18. The zero-order valence-electron chi connectivity index (χ0n) is 37.0. The predicted molar refractivity (Wildman–Crippen MR) is 257 cm³/mol. The first-order valence-electron chi connectivity index (χ1n) is 22.5. The van der Waals surface area contributed by atoms with E-state index in [1.165, 1.54) is 138 Å². The highest BCUT2D eigenvalue weighted by atomic mass is 32.1. The molecule has 0 fully saturated rings. The number of anilines is 1. The van der Waals surface area contributed by atoms with Crippen molar-refractivity contribution >= 4 is 24.0 Å². The molecule has 5 nitrogen and oxygen atoms in total. The van der Waals surface area contributed by atoms with Crippen molar-refractivity contribution < 1.29 is 0 Å². The summed E-state index contributed by atoms with van der Waals surface area (Å²) in [5, 5.41) is 7.06. The van der Waals surface area contributed by atoms with E-state index in [-0.39, 0.29) is 5.25 Å². The van der Waals surface area contributed by atoms with Crippen molar-refractivity contribution in [2.75, 3.05) is 38.6 Å². The van der Waals surface area contributed by atoms with Crippen molar-refractivity contribution in [3.05, 3.63) is 97.2 Å². The quantitative estimate of drug-likeness (QED) is 0.0305. The molecule has 1 unspecified atom stereocenters. The molecule has 0 bridgehead atoms. The second-order valence-corrected chi connectivity index (χ2v) is 16.7. The van der Waals surface area contributed by atoms with Crippen LogP contribution in [-0.2, 0) is 6.42 Å². The molecule has 1 aromatic carbocycles. The lowest BCUT2D eigenvalue weighted by Crippen LogP contribution is -2.31. The summed E-state index contributed by atoms with van der Waals surface area (Å²) in [6.45, 7) is 27.8. The summed E-state index contributed by atoms with van der Waals surface area (Å²) in [6.07, 6.45) is 37.3. The first-order chi connectivity index (χ1) is 27.1. The Morgan fingerprint density at radius 2 is 1.32 bits per heavy atom. The molecule has 318 valence electrons. The first kappa shape index (κ1) is 51.0. The van der Waals surface area contributed by atoms with Crippen LogP contribution in [-0.4, -0.2) is 43.9 Å². The summed E-state index contributed by atoms with van der Waals surface area (Å²) in [7, 11) is 4.08. The zero-order chi connectivity index (χ0) is 41.4. The molecule has 4 N–H and O–H groups in total. The Bertz CT molecular complexity index is 1280. The van der Waals surface area contributed by atoms with Crippen LogP contribution in [0, 0.1) is 6.92 Å². The summed E-state index contributed by atoms with van der Waals surface area (Å²) in [4.78, 5) is 4.55. The molecular weight excluding hydrogens is 703 g/mol. The molecule has 6 heteroatoms. The highest BCUT2D eigenvalue weighted by molar-refractivity contribution is 7.81. The molecule has 0 aliphatic rings. The minimum absolute atomic E-state index is 0.198. The minimum Gasteiger partial charge on any atom is -0.399 e. The monoisotopic (exact) mass is 790 g/mol. The van der Waals surface area contributed by atoms with Crippen molar-refractivity contribution in [1.82, 2.24) is 15.5 Å². The Kier molecular flexibility index (Phi) is 30.1. The standard InChI is InChI=1S/C50H87N5S/c1-10-12-32-39-55(46(7)52-8)50-42(3)40-48(44(5)51)41-47(50)36-30-31-37-53-43(4)35-29-27-25-23-21-19-17-15-13-14-16-18-20-22-24-26-28-33-38-54(9)45(6)49(56)34-11-2/h11-12,32,40-41,49,52-53,56H,2,4-7,10,13-31,33-39,51H2,1,3,8-9H3/b32-12+. The Balaban J connectivity index is 2.07. The van der Waals surface area contributed by atoms with E-state index in [1.54, 1.807) is 0 Å². The summed E-state index contributed by atoms with van der Waals surface area (Å²) >= 11 is 4.63. The normalized spacial score (nSPS) is 11.7. The van der Waals surface area contributed by atoms with Gasteiger partial charge in [-0.1, -0.05) is 154 Å². The van der Waals surface area contributed by atoms with Crippen molar-refractivity contribution in [3.63, 3.8) is 0 Å². The summed E-state index contributed by atoms with van der Waals surface area (Å²) in [5.74, 6) is 0.892. The lowest BCUT2D eigenvalue weighted by molar-refractivity contribution is 0.388. The van der Waals surface area contributed by atoms with Crippen molar-refractivity contribution in [2.45, 2.75) is 173 Å². The Morgan fingerprint density at radius 3 is 1.82 bits per heavy atom. The number of hydrogen-bond donors (Lipinski definition) is 4. The van der Waals surface area contributed by atoms with Gasteiger partial charge in [0, 0.05) is 61.8 Å². The highest BCUT2D eigenvalue weighted by Gasteiger charge is 2.17. The third-order valence-corrected chi connectivity index (χ3v) is 11.6. The van der Waals surface area contributed by atoms with E-state index in [0.29, 0.717) is 5.70 Å². The van der Waals surface area contributed by atoms with E-state index in [9.17, 15) is 0 Å². The van der Waals surface area contributed by atoms with Crippen LogP contribution in [0.2, 0.25) is 0 Å². The third kappa shape index (κ3) is 23.3. The van der Waals surface area contributed by atoms with Gasteiger partial charge in [-0.2, -0.15) is 12.6 Å². The zero-order valence-corrected chi connectivity index (χ0v) is 37.9. The van der Waals surface area contributed by atoms with Crippen LogP contribution in [0.25, 0.3) is 5.70 Å². The fraction of sp³-hybridized carbons (Fsp3) is 0.640.